The molecule has 2 rings (SSSR count). The van der Waals surface area contributed by atoms with Crippen molar-refractivity contribution in [1.29, 1.82) is 0 Å². The fourth-order valence-electron chi connectivity index (χ4n) is 2.81. The lowest BCUT2D eigenvalue weighted by molar-refractivity contribution is -0.138. The van der Waals surface area contributed by atoms with Gasteiger partial charge in [0.15, 0.2) is 0 Å². The highest BCUT2D eigenvalue weighted by Gasteiger charge is 2.21. The maximum absolute atomic E-state index is 11.8. The van der Waals surface area contributed by atoms with Gasteiger partial charge in [0.25, 0.3) is 0 Å². The van der Waals surface area contributed by atoms with E-state index in [1.807, 2.05) is 68.4 Å². The van der Waals surface area contributed by atoms with E-state index in [0.717, 1.165) is 34.5 Å². The minimum absolute atomic E-state index is 0.471. The number of hydrogen-bond acceptors (Lipinski definition) is 3. The van der Waals surface area contributed by atoms with Crippen molar-refractivity contribution >= 4 is 11.7 Å². The van der Waals surface area contributed by atoms with Crippen LogP contribution in [0.4, 0.5) is 5.69 Å². The van der Waals surface area contributed by atoms with Gasteiger partial charge in [0.1, 0.15) is 5.75 Å². The molecule has 24 heavy (non-hydrogen) atoms. The number of aryl methyl sites for hydroxylation is 1. The highest BCUT2D eigenvalue weighted by Crippen LogP contribution is 2.28. The van der Waals surface area contributed by atoms with Gasteiger partial charge in [-0.05, 0) is 47.7 Å². The third kappa shape index (κ3) is 4.07. The Hall–Kier alpha value is -2.49. The molecule has 0 aliphatic rings. The molecule has 0 aliphatic heterocycles. The van der Waals surface area contributed by atoms with E-state index in [9.17, 15) is 9.90 Å². The summed E-state index contributed by atoms with van der Waals surface area (Å²) in [6.07, 6.45) is 1.28. The van der Waals surface area contributed by atoms with Crippen molar-refractivity contribution in [3.63, 3.8) is 0 Å². The number of carboxylic acid groups (broad SMARTS) is 1. The molecule has 1 N–H and O–H groups in total. The molecule has 0 saturated carbocycles. The Kier molecular flexibility index (Phi) is 5.85. The van der Waals surface area contributed by atoms with E-state index in [1.54, 1.807) is 7.11 Å². The number of anilines is 1. The normalized spacial score (nSPS) is 11.8. The number of benzene rings is 2. The van der Waals surface area contributed by atoms with Crippen LogP contribution in [0.25, 0.3) is 0 Å². The van der Waals surface area contributed by atoms with Crippen LogP contribution in [0, 0.1) is 0 Å². The summed E-state index contributed by atoms with van der Waals surface area (Å²) in [4.78, 5) is 13.8. The molecule has 1 atom stereocenters. The second-order valence-electron chi connectivity index (χ2n) is 6.08. The summed E-state index contributed by atoms with van der Waals surface area (Å²) < 4.78 is 5.33. The first-order valence-corrected chi connectivity index (χ1v) is 8.12. The van der Waals surface area contributed by atoms with Crippen LogP contribution < -0.4 is 9.64 Å². The predicted molar refractivity (Wildman–Crippen MR) is 97.2 cm³/mol. The Morgan fingerprint density at radius 2 is 1.83 bits per heavy atom. The minimum atomic E-state index is -0.807. The number of ether oxygens (including phenoxy) is 1. The molecule has 4 nitrogen and oxygen atoms in total. The lowest BCUT2D eigenvalue weighted by Gasteiger charge is -2.17. The van der Waals surface area contributed by atoms with Gasteiger partial charge in [-0.2, -0.15) is 0 Å². The maximum atomic E-state index is 11.8. The lowest BCUT2D eigenvalue weighted by Crippen LogP contribution is -2.15. The number of hydrogen-bond donors (Lipinski definition) is 1. The van der Waals surface area contributed by atoms with Crippen LogP contribution in [0.2, 0.25) is 0 Å². The van der Waals surface area contributed by atoms with E-state index in [4.69, 9.17) is 4.74 Å². The monoisotopic (exact) mass is 327 g/mol. The van der Waals surface area contributed by atoms with Crippen molar-refractivity contribution < 1.29 is 14.6 Å². The molecule has 0 radical (unpaired) electrons. The van der Waals surface area contributed by atoms with E-state index < -0.39 is 11.9 Å². The van der Waals surface area contributed by atoms with Crippen LogP contribution in [-0.2, 0) is 17.6 Å². The average Bonchev–Trinajstić information content (AvgIpc) is 2.59. The van der Waals surface area contributed by atoms with Crippen molar-refractivity contribution in [2.75, 3.05) is 26.1 Å². The lowest BCUT2D eigenvalue weighted by atomic mass is 9.90. The molecular formula is C20H25NO3. The summed E-state index contributed by atoms with van der Waals surface area (Å²) in [5.74, 6) is -0.564. The van der Waals surface area contributed by atoms with Crippen LogP contribution in [0.3, 0.4) is 0 Å². The first-order valence-electron chi connectivity index (χ1n) is 8.12. The molecule has 4 heteroatoms. The zero-order valence-corrected chi connectivity index (χ0v) is 14.7. The van der Waals surface area contributed by atoms with Crippen LogP contribution in [0.5, 0.6) is 5.75 Å². The second-order valence-corrected chi connectivity index (χ2v) is 6.08. The third-order valence-electron chi connectivity index (χ3n) is 4.28. The van der Waals surface area contributed by atoms with Crippen molar-refractivity contribution in [3.8, 4) is 5.75 Å². The van der Waals surface area contributed by atoms with Gasteiger partial charge in [-0.25, -0.2) is 0 Å². The topological polar surface area (TPSA) is 49.8 Å². The molecule has 2 aromatic rings. The van der Waals surface area contributed by atoms with Crippen molar-refractivity contribution in [2.24, 2.45) is 0 Å². The van der Waals surface area contributed by atoms with E-state index in [-0.39, 0.29) is 0 Å². The van der Waals surface area contributed by atoms with E-state index in [0.29, 0.717) is 6.42 Å². The van der Waals surface area contributed by atoms with Crippen LogP contribution in [0.15, 0.2) is 42.5 Å². The van der Waals surface area contributed by atoms with E-state index >= 15 is 0 Å². The van der Waals surface area contributed by atoms with Gasteiger partial charge in [-0.15, -0.1) is 0 Å². The molecule has 0 spiro atoms. The third-order valence-corrected chi connectivity index (χ3v) is 4.28. The smallest absolute Gasteiger partial charge is 0.311 e. The largest absolute Gasteiger partial charge is 0.496 e. The number of aliphatic carboxylic acids is 1. The SMILES string of the molecule is CCc1cc(C(Cc2ccc(N(C)C)cc2)C(=O)O)ccc1OC. The van der Waals surface area contributed by atoms with Gasteiger partial charge in [0, 0.05) is 19.8 Å². The molecule has 128 valence electrons. The Morgan fingerprint density at radius 1 is 1.17 bits per heavy atom. The Morgan fingerprint density at radius 3 is 2.33 bits per heavy atom. The summed E-state index contributed by atoms with van der Waals surface area (Å²) in [6, 6.07) is 13.7. The summed E-state index contributed by atoms with van der Waals surface area (Å²) in [7, 11) is 5.60. The molecule has 0 saturated heterocycles. The quantitative estimate of drug-likeness (QED) is 0.842. The van der Waals surface area contributed by atoms with Crippen molar-refractivity contribution in [1.82, 2.24) is 0 Å². The molecule has 0 aromatic heterocycles. The fourth-order valence-corrected chi connectivity index (χ4v) is 2.81. The van der Waals surface area contributed by atoms with Crippen molar-refractivity contribution in [3.05, 3.63) is 59.2 Å². The fraction of sp³-hybridized carbons (Fsp3) is 0.350. The Balaban J connectivity index is 2.28. The Labute approximate surface area is 143 Å². The molecule has 0 fully saturated rings. The van der Waals surface area contributed by atoms with Crippen LogP contribution >= 0.6 is 0 Å². The molecular weight excluding hydrogens is 302 g/mol. The molecule has 0 bridgehead atoms. The van der Waals surface area contributed by atoms with Gasteiger partial charge < -0.3 is 14.7 Å². The van der Waals surface area contributed by atoms with E-state index in [1.165, 1.54) is 0 Å². The highest BCUT2D eigenvalue weighted by atomic mass is 16.5. The first kappa shape index (κ1) is 17.9. The Bertz CT molecular complexity index is 693. The first-order chi connectivity index (χ1) is 11.5. The van der Waals surface area contributed by atoms with Gasteiger partial charge in [0.05, 0.1) is 13.0 Å². The van der Waals surface area contributed by atoms with Crippen LogP contribution in [-0.4, -0.2) is 32.3 Å². The molecule has 0 heterocycles. The average molecular weight is 327 g/mol. The highest BCUT2D eigenvalue weighted by molar-refractivity contribution is 5.76. The number of carbonyl (C=O) groups is 1. The summed E-state index contributed by atoms with van der Waals surface area (Å²) in [6.45, 7) is 2.04. The molecule has 1 unspecified atom stereocenters. The van der Waals surface area contributed by atoms with Crippen LogP contribution in [0.1, 0.15) is 29.5 Å². The van der Waals surface area contributed by atoms with E-state index in [2.05, 4.69) is 0 Å². The number of rotatable bonds is 7. The zero-order chi connectivity index (χ0) is 17.7. The predicted octanol–water partition coefficient (Wildman–Crippen LogP) is 3.73. The number of carboxylic acids is 1. The second kappa shape index (κ2) is 7.86. The van der Waals surface area contributed by atoms with Gasteiger partial charge in [0.2, 0.25) is 0 Å². The minimum Gasteiger partial charge on any atom is -0.496 e. The standard InChI is InChI=1S/C20H25NO3/c1-5-15-13-16(8-11-19(15)24-4)18(20(22)23)12-14-6-9-17(10-7-14)21(2)3/h6-11,13,18H,5,12H2,1-4H3,(H,22,23). The van der Waals surface area contributed by atoms with Gasteiger partial charge in [-0.1, -0.05) is 31.2 Å². The summed E-state index contributed by atoms with van der Waals surface area (Å²) in [5, 5.41) is 9.68. The molecule has 0 aliphatic carbocycles. The number of methoxy groups -OCH3 is 1. The molecule has 2 aromatic carbocycles. The zero-order valence-electron chi connectivity index (χ0n) is 14.7. The molecule has 0 amide bonds. The summed E-state index contributed by atoms with van der Waals surface area (Å²) >= 11 is 0. The van der Waals surface area contributed by atoms with Gasteiger partial charge >= 0.3 is 5.97 Å². The van der Waals surface area contributed by atoms with Crippen molar-refractivity contribution in [2.45, 2.75) is 25.7 Å². The summed E-state index contributed by atoms with van der Waals surface area (Å²) in [5.41, 5.74) is 3.96. The number of nitrogens with zero attached hydrogens (tertiary/aromatic N) is 1. The maximum Gasteiger partial charge on any atom is 0.311 e. The van der Waals surface area contributed by atoms with Gasteiger partial charge in [-0.3, -0.25) is 4.79 Å².